The highest BCUT2D eigenvalue weighted by atomic mass is 16.2. The van der Waals surface area contributed by atoms with Crippen LogP contribution in [0.3, 0.4) is 0 Å². The minimum Gasteiger partial charge on any atom is -0.354 e. The van der Waals surface area contributed by atoms with Crippen LogP contribution in [0.25, 0.3) is 0 Å². The van der Waals surface area contributed by atoms with Crippen LogP contribution >= 0.6 is 0 Å². The van der Waals surface area contributed by atoms with E-state index >= 15 is 0 Å². The van der Waals surface area contributed by atoms with Crippen molar-refractivity contribution in [2.75, 3.05) is 18.0 Å². The summed E-state index contributed by atoms with van der Waals surface area (Å²) in [4.78, 5) is 29.7. The summed E-state index contributed by atoms with van der Waals surface area (Å²) >= 11 is 0. The van der Waals surface area contributed by atoms with Gasteiger partial charge in [0.2, 0.25) is 5.91 Å². The molecule has 2 aromatic carbocycles. The van der Waals surface area contributed by atoms with Crippen LogP contribution in [0.5, 0.6) is 0 Å². The summed E-state index contributed by atoms with van der Waals surface area (Å²) in [5.74, 6) is 0.0582. The van der Waals surface area contributed by atoms with Crippen LogP contribution in [0.4, 0.5) is 10.5 Å². The summed E-state index contributed by atoms with van der Waals surface area (Å²) in [7, 11) is 0. The number of rotatable bonds is 5. The first-order chi connectivity index (χ1) is 15.0. The number of amides is 3. The van der Waals surface area contributed by atoms with Gasteiger partial charge in [-0.25, -0.2) is 4.79 Å². The van der Waals surface area contributed by atoms with Crippen LogP contribution in [-0.4, -0.2) is 48.1 Å². The maximum absolute atomic E-state index is 12.9. The molecule has 6 heteroatoms. The number of carbonyl (C=O) groups is 2. The van der Waals surface area contributed by atoms with Gasteiger partial charge < -0.3 is 10.6 Å². The predicted molar refractivity (Wildman–Crippen MR) is 123 cm³/mol. The van der Waals surface area contributed by atoms with Crippen molar-refractivity contribution in [3.8, 4) is 0 Å². The molecule has 0 radical (unpaired) electrons. The summed E-state index contributed by atoms with van der Waals surface area (Å²) in [5, 5.41) is 6.18. The van der Waals surface area contributed by atoms with Gasteiger partial charge in [-0.3, -0.25) is 14.6 Å². The van der Waals surface area contributed by atoms with Gasteiger partial charge in [0.05, 0.1) is 6.42 Å². The van der Waals surface area contributed by atoms with Crippen molar-refractivity contribution < 1.29 is 9.59 Å². The lowest BCUT2D eigenvalue weighted by Crippen LogP contribution is -2.49. The number of anilines is 1. The molecule has 6 nitrogen and oxygen atoms in total. The van der Waals surface area contributed by atoms with Gasteiger partial charge in [0.25, 0.3) is 0 Å². The predicted octanol–water partition coefficient (Wildman–Crippen LogP) is 3.32. The average Bonchev–Trinajstić information content (AvgIpc) is 3.03. The Kier molecular flexibility index (Phi) is 6.56. The summed E-state index contributed by atoms with van der Waals surface area (Å²) in [6, 6.07) is 18.6. The van der Waals surface area contributed by atoms with Gasteiger partial charge in [0.15, 0.2) is 0 Å². The Labute approximate surface area is 184 Å². The molecule has 2 atom stereocenters. The molecule has 31 heavy (non-hydrogen) atoms. The lowest BCUT2D eigenvalue weighted by Gasteiger charge is -2.30. The third-order valence-electron chi connectivity index (χ3n) is 6.20. The van der Waals surface area contributed by atoms with E-state index in [-0.39, 0.29) is 24.0 Å². The molecule has 0 bridgehead atoms. The largest absolute Gasteiger partial charge is 0.354 e. The van der Waals surface area contributed by atoms with Gasteiger partial charge in [0.1, 0.15) is 0 Å². The van der Waals surface area contributed by atoms with Crippen molar-refractivity contribution in [1.82, 2.24) is 15.5 Å². The Morgan fingerprint density at radius 2 is 1.77 bits per heavy atom. The number of nitrogens with zero attached hydrogens (tertiary/aromatic N) is 2. The first-order valence-corrected chi connectivity index (χ1v) is 11.2. The van der Waals surface area contributed by atoms with Gasteiger partial charge in [-0.1, -0.05) is 48.5 Å². The normalized spacial score (nSPS) is 20.7. The fourth-order valence-electron chi connectivity index (χ4n) is 4.69. The molecule has 2 heterocycles. The number of urea groups is 1. The number of hydrogen-bond donors (Lipinski definition) is 2. The van der Waals surface area contributed by atoms with Crippen LogP contribution in [0, 0.1) is 0 Å². The van der Waals surface area contributed by atoms with Crippen LogP contribution in [-0.2, 0) is 17.8 Å². The zero-order valence-electron chi connectivity index (χ0n) is 18.4. The molecule has 2 aliphatic heterocycles. The Balaban J connectivity index is 1.44. The maximum Gasteiger partial charge on any atom is 0.322 e. The quantitative estimate of drug-likeness (QED) is 0.780. The molecular formula is C25H32N4O2. The molecule has 0 unspecified atom stereocenters. The van der Waals surface area contributed by atoms with Crippen molar-refractivity contribution in [1.29, 1.82) is 0 Å². The minimum atomic E-state index is -0.0380. The average molecular weight is 421 g/mol. The minimum absolute atomic E-state index is 0.0380. The van der Waals surface area contributed by atoms with Crippen molar-refractivity contribution >= 4 is 17.6 Å². The van der Waals surface area contributed by atoms with Crippen LogP contribution in [0.2, 0.25) is 0 Å². The van der Waals surface area contributed by atoms with E-state index in [9.17, 15) is 9.59 Å². The lowest BCUT2D eigenvalue weighted by molar-refractivity contribution is -0.120. The number of benzene rings is 2. The third kappa shape index (κ3) is 5.07. The van der Waals surface area contributed by atoms with E-state index in [4.69, 9.17) is 0 Å². The smallest absolute Gasteiger partial charge is 0.322 e. The number of fused-ring (bicyclic) bond motifs is 2. The molecule has 2 aliphatic rings. The highest BCUT2D eigenvalue weighted by molar-refractivity contribution is 5.93. The number of para-hydroxylation sites is 1. The highest BCUT2D eigenvalue weighted by Gasteiger charge is 2.38. The second-order valence-corrected chi connectivity index (χ2v) is 8.87. The van der Waals surface area contributed by atoms with Gasteiger partial charge >= 0.3 is 6.03 Å². The molecule has 0 saturated carbocycles. The van der Waals surface area contributed by atoms with Crippen LogP contribution < -0.4 is 15.5 Å². The van der Waals surface area contributed by atoms with Gasteiger partial charge in [-0.05, 0) is 43.9 Å². The molecule has 1 fully saturated rings. The molecule has 2 N–H and O–H groups in total. The monoisotopic (exact) mass is 420 g/mol. The van der Waals surface area contributed by atoms with Crippen LogP contribution in [0.15, 0.2) is 54.6 Å². The molecule has 2 aromatic rings. The number of carbonyl (C=O) groups excluding carboxylic acids is 2. The summed E-state index contributed by atoms with van der Waals surface area (Å²) < 4.78 is 0. The molecule has 0 spiro atoms. The number of nitrogens with one attached hydrogen (secondary N) is 2. The van der Waals surface area contributed by atoms with E-state index in [0.717, 1.165) is 36.2 Å². The van der Waals surface area contributed by atoms with Gasteiger partial charge in [-0.2, -0.15) is 0 Å². The Hall–Kier alpha value is -2.86. The molecular weight excluding hydrogens is 388 g/mol. The first kappa shape index (κ1) is 21.4. The summed E-state index contributed by atoms with van der Waals surface area (Å²) in [6.45, 7) is 6.08. The Bertz CT molecular complexity index is 915. The molecule has 4 rings (SSSR count). The topological polar surface area (TPSA) is 64.7 Å². The van der Waals surface area contributed by atoms with Crippen molar-refractivity contribution in [2.24, 2.45) is 0 Å². The third-order valence-corrected chi connectivity index (χ3v) is 6.20. The second kappa shape index (κ2) is 9.52. The Morgan fingerprint density at radius 3 is 2.55 bits per heavy atom. The standard InChI is InChI=1S/C25H32N4O2/c1-18(2)27-25(31)29-17-22-13-12-21(28(22)16-20-10-6-7-11-23(20)29)15-26-24(30)14-19-8-4-3-5-9-19/h3-11,18,21-22H,12-17H2,1-2H3,(H,26,30)(H,27,31)/t21-,22+/m1/s1. The van der Waals surface area contributed by atoms with Gasteiger partial charge in [0, 0.05) is 43.4 Å². The van der Waals surface area contributed by atoms with E-state index in [1.807, 2.05) is 67.3 Å². The van der Waals surface area contributed by atoms with Gasteiger partial charge in [-0.15, -0.1) is 0 Å². The van der Waals surface area contributed by atoms with E-state index in [1.165, 1.54) is 0 Å². The molecule has 1 saturated heterocycles. The number of hydrogen-bond acceptors (Lipinski definition) is 3. The molecule has 0 aromatic heterocycles. The van der Waals surface area contributed by atoms with E-state index in [0.29, 0.717) is 25.6 Å². The van der Waals surface area contributed by atoms with Crippen molar-refractivity contribution in [3.63, 3.8) is 0 Å². The van der Waals surface area contributed by atoms with Crippen molar-refractivity contribution in [3.05, 3.63) is 65.7 Å². The Morgan fingerprint density at radius 1 is 1.03 bits per heavy atom. The van der Waals surface area contributed by atoms with E-state index in [2.05, 4.69) is 21.6 Å². The fourth-order valence-corrected chi connectivity index (χ4v) is 4.69. The fraction of sp³-hybridized carbons (Fsp3) is 0.440. The first-order valence-electron chi connectivity index (χ1n) is 11.2. The highest BCUT2D eigenvalue weighted by Crippen LogP contribution is 2.34. The molecule has 3 amide bonds. The van der Waals surface area contributed by atoms with E-state index in [1.54, 1.807) is 0 Å². The lowest BCUT2D eigenvalue weighted by atomic mass is 10.1. The zero-order chi connectivity index (χ0) is 21.8. The molecule has 0 aliphatic carbocycles. The van der Waals surface area contributed by atoms with Crippen LogP contribution in [0.1, 0.15) is 37.8 Å². The SMILES string of the molecule is CC(C)NC(=O)N1C[C@@H]2CC[C@H](CNC(=O)Cc3ccccc3)N2Cc2ccccc21. The van der Waals surface area contributed by atoms with Crippen molar-refractivity contribution in [2.45, 2.75) is 57.8 Å². The van der Waals surface area contributed by atoms with E-state index < -0.39 is 0 Å². The maximum atomic E-state index is 12.9. The zero-order valence-corrected chi connectivity index (χ0v) is 18.4. The summed E-state index contributed by atoms with van der Waals surface area (Å²) in [6.07, 6.45) is 2.46. The molecule has 164 valence electrons. The second-order valence-electron chi connectivity index (χ2n) is 8.87. The summed E-state index contributed by atoms with van der Waals surface area (Å²) in [5.41, 5.74) is 3.17.